The fourth-order valence-corrected chi connectivity index (χ4v) is 6.98. The first kappa shape index (κ1) is 21.5. The van der Waals surface area contributed by atoms with Crippen molar-refractivity contribution in [2.75, 3.05) is 13.1 Å². The van der Waals surface area contributed by atoms with Gasteiger partial charge in [0.05, 0.1) is 9.77 Å². The second-order valence-electron chi connectivity index (χ2n) is 8.11. The third-order valence-corrected chi connectivity index (χ3v) is 8.62. The highest BCUT2D eigenvalue weighted by Crippen LogP contribution is 2.33. The molecule has 2 aliphatic rings. The molecule has 30 heavy (non-hydrogen) atoms. The van der Waals surface area contributed by atoms with Gasteiger partial charge in [0.2, 0.25) is 10.0 Å². The second-order valence-corrected chi connectivity index (χ2v) is 11.0. The fourth-order valence-electron chi connectivity index (χ4n) is 4.16. The van der Waals surface area contributed by atoms with E-state index in [0.29, 0.717) is 22.8 Å². The van der Waals surface area contributed by atoms with Crippen molar-refractivity contribution in [3.63, 3.8) is 0 Å². The van der Waals surface area contributed by atoms with Crippen LogP contribution in [0.25, 0.3) is 10.8 Å². The van der Waals surface area contributed by atoms with Gasteiger partial charge in [-0.15, -0.1) is 21.5 Å². The molecule has 4 rings (SSSR count). The number of aryl methyl sites for hydroxylation is 1. The molecule has 0 unspecified atom stereocenters. The molecule has 8 nitrogen and oxygen atoms in total. The quantitative estimate of drug-likeness (QED) is 0.693. The van der Waals surface area contributed by atoms with Crippen LogP contribution in [0.3, 0.4) is 0 Å². The number of hydrogen-bond acceptors (Lipinski definition) is 7. The molecule has 2 fully saturated rings. The Hall–Kier alpha value is -1.78. The van der Waals surface area contributed by atoms with E-state index in [4.69, 9.17) is 4.42 Å². The summed E-state index contributed by atoms with van der Waals surface area (Å²) in [5.74, 6) is -0.122. The SMILES string of the molecule is Cc1sc(-c2nnc(C(=O)N3CCCCC3)o2)cc1S(=O)(=O)NC1CCCCCC1. The van der Waals surface area contributed by atoms with Crippen molar-refractivity contribution in [1.29, 1.82) is 0 Å². The Morgan fingerprint density at radius 2 is 1.77 bits per heavy atom. The zero-order valence-electron chi connectivity index (χ0n) is 17.2. The molecule has 1 saturated heterocycles. The molecule has 1 saturated carbocycles. The van der Waals surface area contributed by atoms with Gasteiger partial charge in [-0.3, -0.25) is 4.79 Å². The number of rotatable bonds is 5. The van der Waals surface area contributed by atoms with Gasteiger partial charge in [-0.2, -0.15) is 0 Å². The van der Waals surface area contributed by atoms with Crippen molar-refractivity contribution in [2.45, 2.75) is 75.6 Å². The van der Waals surface area contributed by atoms with Crippen LogP contribution >= 0.6 is 11.3 Å². The van der Waals surface area contributed by atoms with Gasteiger partial charge in [-0.1, -0.05) is 25.7 Å². The largest absolute Gasteiger partial charge is 0.411 e. The number of piperidine rings is 1. The van der Waals surface area contributed by atoms with E-state index in [1.165, 1.54) is 11.3 Å². The van der Waals surface area contributed by atoms with Crippen LogP contribution in [0, 0.1) is 6.92 Å². The first-order valence-electron chi connectivity index (χ1n) is 10.7. The normalized spacial score (nSPS) is 19.0. The molecule has 1 amide bonds. The molecule has 3 heterocycles. The zero-order chi connectivity index (χ0) is 21.1. The first-order valence-corrected chi connectivity index (χ1v) is 13.0. The number of aromatic nitrogens is 2. The second kappa shape index (κ2) is 9.15. The maximum atomic E-state index is 13.0. The Morgan fingerprint density at radius 1 is 1.10 bits per heavy atom. The molecule has 0 atom stereocenters. The Bertz CT molecular complexity index is 984. The van der Waals surface area contributed by atoms with E-state index in [0.717, 1.165) is 57.8 Å². The number of nitrogens with one attached hydrogen (secondary N) is 1. The Balaban J connectivity index is 1.51. The molecule has 0 aromatic carbocycles. The highest BCUT2D eigenvalue weighted by molar-refractivity contribution is 7.89. The van der Waals surface area contributed by atoms with Gasteiger partial charge in [0.15, 0.2) is 0 Å². The number of likely N-dealkylation sites (tertiary alicyclic amines) is 1. The zero-order valence-corrected chi connectivity index (χ0v) is 18.9. The van der Waals surface area contributed by atoms with E-state index in [-0.39, 0.29) is 28.6 Å². The molecule has 1 aliphatic heterocycles. The van der Waals surface area contributed by atoms with E-state index in [1.54, 1.807) is 17.9 Å². The van der Waals surface area contributed by atoms with E-state index >= 15 is 0 Å². The van der Waals surface area contributed by atoms with Gasteiger partial charge in [0.1, 0.15) is 0 Å². The number of hydrogen-bond donors (Lipinski definition) is 1. The van der Waals surface area contributed by atoms with Crippen molar-refractivity contribution < 1.29 is 17.6 Å². The highest BCUT2D eigenvalue weighted by Gasteiger charge is 2.27. The maximum Gasteiger partial charge on any atom is 0.311 e. The van der Waals surface area contributed by atoms with Gasteiger partial charge >= 0.3 is 11.8 Å². The average Bonchev–Trinajstić information content (AvgIpc) is 3.30. The average molecular weight is 453 g/mol. The summed E-state index contributed by atoms with van der Waals surface area (Å²) in [5, 5.41) is 7.90. The Kier molecular flexibility index (Phi) is 6.54. The van der Waals surface area contributed by atoms with Crippen molar-refractivity contribution in [3.05, 3.63) is 16.8 Å². The number of thiophene rings is 1. The van der Waals surface area contributed by atoms with Crippen molar-refractivity contribution in [3.8, 4) is 10.8 Å². The summed E-state index contributed by atoms with van der Waals surface area (Å²) in [5.41, 5.74) is 0. The van der Waals surface area contributed by atoms with E-state index in [9.17, 15) is 13.2 Å². The summed E-state index contributed by atoms with van der Waals surface area (Å²) in [4.78, 5) is 15.7. The van der Waals surface area contributed by atoms with Gasteiger partial charge in [0, 0.05) is 24.0 Å². The molecule has 1 aliphatic carbocycles. The van der Waals surface area contributed by atoms with Crippen LogP contribution in [0.15, 0.2) is 15.4 Å². The summed E-state index contributed by atoms with van der Waals surface area (Å²) >= 11 is 1.28. The number of carbonyl (C=O) groups is 1. The summed E-state index contributed by atoms with van der Waals surface area (Å²) < 4.78 is 34.4. The van der Waals surface area contributed by atoms with Crippen molar-refractivity contribution >= 4 is 27.3 Å². The monoisotopic (exact) mass is 452 g/mol. The number of carbonyl (C=O) groups excluding carboxylic acids is 1. The lowest BCUT2D eigenvalue weighted by Crippen LogP contribution is -2.35. The molecule has 2 aromatic heterocycles. The Labute approximate surface area is 181 Å². The smallest absolute Gasteiger partial charge is 0.311 e. The van der Waals surface area contributed by atoms with E-state index in [2.05, 4.69) is 14.9 Å². The fraction of sp³-hybridized carbons (Fsp3) is 0.650. The molecule has 0 bridgehead atoms. The summed E-state index contributed by atoms with van der Waals surface area (Å²) in [6.07, 6.45) is 9.26. The number of sulfonamides is 1. The lowest BCUT2D eigenvalue weighted by molar-refractivity contribution is 0.0684. The molecule has 0 spiro atoms. The number of nitrogens with zero attached hydrogens (tertiary/aromatic N) is 3. The molecule has 0 radical (unpaired) electrons. The topological polar surface area (TPSA) is 105 Å². The van der Waals surface area contributed by atoms with Crippen LogP contribution in [-0.2, 0) is 10.0 Å². The molecule has 1 N–H and O–H groups in total. The molecule has 2 aromatic rings. The summed E-state index contributed by atoms with van der Waals surface area (Å²) in [6.45, 7) is 3.17. The van der Waals surface area contributed by atoms with E-state index < -0.39 is 10.0 Å². The summed E-state index contributed by atoms with van der Waals surface area (Å²) in [7, 11) is -3.63. The lowest BCUT2D eigenvalue weighted by atomic mass is 10.1. The van der Waals surface area contributed by atoms with Crippen LogP contribution < -0.4 is 4.72 Å². The molecule has 164 valence electrons. The van der Waals surface area contributed by atoms with E-state index in [1.807, 2.05) is 0 Å². The predicted octanol–water partition coefficient (Wildman–Crippen LogP) is 3.73. The van der Waals surface area contributed by atoms with Crippen LogP contribution in [-0.4, -0.2) is 48.6 Å². The maximum absolute atomic E-state index is 13.0. The van der Waals surface area contributed by atoms with Crippen LogP contribution in [0.5, 0.6) is 0 Å². The van der Waals surface area contributed by atoms with Crippen molar-refractivity contribution in [2.24, 2.45) is 0 Å². The van der Waals surface area contributed by atoms with Crippen LogP contribution in [0.4, 0.5) is 0 Å². The third-order valence-electron chi connectivity index (χ3n) is 5.80. The first-order chi connectivity index (χ1) is 14.4. The lowest BCUT2D eigenvalue weighted by Gasteiger charge is -2.24. The molecular formula is C20H28N4O4S2. The predicted molar refractivity (Wildman–Crippen MR) is 114 cm³/mol. The third kappa shape index (κ3) is 4.76. The minimum absolute atomic E-state index is 0.0163. The molecule has 10 heteroatoms. The Morgan fingerprint density at radius 3 is 2.47 bits per heavy atom. The highest BCUT2D eigenvalue weighted by atomic mass is 32.2. The molecular weight excluding hydrogens is 424 g/mol. The standard InChI is InChI=1S/C20H28N4O4S2/c1-14-17(30(26,27)23-15-9-5-2-3-6-10-15)13-16(29-14)18-21-22-19(28-18)20(25)24-11-7-4-8-12-24/h13,15,23H,2-12H2,1H3. The van der Waals surface area contributed by atoms with Crippen LogP contribution in [0.2, 0.25) is 0 Å². The van der Waals surface area contributed by atoms with Gasteiger partial charge in [-0.05, 0) is 45.1 Å². The van der Waals surface area contributed by atoms with Crippen molar-refractivity contribution in [1.82, 2.24) is 19.8 Å². The van der Waals surface area contributed by atoms with Gasteiger partial charge < -0.3 is 9.32 Å². The minimum atomic E-state index is -3.63. The summed E-state index contributed by atoms with van der Waals surface area (Å²) in [6, 6.07) is 1.55. The number of amides is 1. The van der Waals surface area contributed by atoms with Gasteiger partial charge in [0.25, 0.3) is 5.89 Å². The van der Waals surface area contributed by atoms with Gasteiger partial charge in [-0.25, -0.2) is 13.1 Å². The van der Waals surface area contributed by atoms with Crippen LogP contribution in [0.1, 0.15) is 73.3 Å². The minimum Gasteiger partial charge on any atom is -0.411 e.